The van der Waals surface area contributed by atoms with Gasteiger partial charge in [-0.25, -0.2) is 0 Å². The van der Waals surface area contributed by atoms with Crippen molar-refractivity contribution in [1.29, 1.82) is 0 Å². The normalized spacial score (nSPS) is 15.6. The first-order chi connectivity index (χ1) is 15.7. The van der Waals surface area contributed by atoms with Crippen molar-refractivity contribution in [3.05, 3.63) is 66.2 Å². The molecule has 0 aliphatic carbocycles. The van der Waals surface area contributed by atoms with E-state index in [-0.39, 0.29) is 11.3 Å². The van der Waals surface area contributed by atoms with Gasteiger partial charge in [0, 0.05) is 56.6 Å². The van der Waals surface area contributed by atoms with Crippen molar-refractivity contribution in [2.24, 2.45) is 0 Å². The minimum absolute atomic E-state index is 0.229. The molecule has 1 aliphatic rings. The van der Waals surface area contributed by atoms with Crippen LogP contribution in [0.4, 0.5) is 0 Å². The highest BCUT2D eigenvalue weighted by molar-refractivity contribution is 5.76. The number of methoxy groups -OCH3 is 1. The number of hydrogen-bond donors (Lipinski definition) is 0. The van der Waals surface area contributed by atoms with Crippen LogP contribution in [0.5, 0.6) is 0 Å². The Labute approximate surface area is 188 Å². The highest BCUT2D eigenvalue weighted by Gasteiger charge is 2.41. The fourth-order valence-electron chi connectivity index (χ4n) is 4.36. The Morgan fingerprint density at radius 2 is 1.88 bits per heavy atom. The monoisotopic (exact) mass is 434 g/mol. The molecule has 1 saturated heterocycles. The van der Waals surface area contributed by atoms with Gasteiger partial charge in [0.05, 0.1) is 0 Å². The lowest BCUT2D eigenvalue weighted by molar-refractivity contribution is -0.133. The average Bonchev–Trinajstić information content (AvgIpc) is 3.35. The van der Waals surface area contributed by atoms with E-state index in [1.54, 1.807) is 19.5 Å². The van der Waals surface area contributed by atoms with Gasteiger partial charge in [-0.3, -0.25) is 9.78 Å². The number of hydrogen-bond acceptors (Lipinski definition) is 6. The summed E-state index contributed by atoms with van der Waals surface area (Å²) in [6, 6.07) is 14.0. The first kappa shape index (κ1) is 22.1. The number of likely N-dealkylation sites (tertiary alicyclic amines) is 1. The third-order valence-corrected chi connectivity index (χ3v) is 6.38. The summed E-state index contributed by atoms with van der Waals surface area (Å²) in [6.45, 7) is 2.02. The Morgan fingerprint density at radius 3 is 2.59 bits per heavy atom. The van der Waals surface area contributed by atoms with Crippen LogP contribution in [0.25, 0.3) is 11.5 Å². The van der Waals surface area contributed by atoms with Gasteiger partial charge < -0.3 is 14.2 Å². The summed E-state index contributed by atoms with van der Waals surface area (Å²) in [5.74, 6) is 1.43. The zero-order valence-corrected chi connectivity index (χ0v) is 18.6. The third-order valence-electron chi connectivity index (χ3n) is 6.38. The SMILES string of the molecule is COCCC1(c2noc(-c3ccncc3)n2)CCN(C(=O)CCCc2ccccc2)CC1. The van der Waals surface area contributed by atoms with Crippen molar-refractivity contribution >= 4 is 5.91 Å². The van der Waals surface area contributed by atoms with Crippen LogP contribution in [0.2, 0.25) is 0 Å². The molecule has 0 unspecified atom stereocenters. The lowest BCUT2D eigenvalue weighted by Gasteiger charge is -2.40. The summed E-state index contributed by atoms with van der Waals surface area (Å²) < 4.78 is 10.9. The van der Waals surface area contributed by atoms with Gasteiger partial charge in [-0.05, 0) is 49.8 Å². The molecule has 1 aliphatic heterocycles. The van der Waals surface area contributed by atoms with Gasteiger partial charge in [0.25, 0.3) is 5.89 Å². The van der Waals surface area contributed by atoms with Gasteiger partial charge in [0.2, 0.25) is 5.91 Å². The number of aromatic nitrogens is 3. The van der Waals surface area contributed by atoms with E-state index in [1.165, 1.54) is 5.56 Å². The molecule has 0 spiro atoms. The Morgan fingerprint density at radius 1 is 1.12 bits per heavy atom. The summed E-state index contributed by atoms with van der Waals surface area (Å²) in [5, 5.41) is 4.33. The Bertz CT molecular complexity index is 983. The maximum atomic E-state index is 12.8. The van der Waals surface area contributed by atoms with Crippen LogP contribution < -0.4 is 0 Å². The largest absolute Gasteiger partial charge is 0.385 e. The molecule has 7 heteroatoms. The lowest BCUT2D eigenvalue weighted by atomic mass is 9.75. The molecule has 2 aromatic heterocycles. The summed E-state index contributed by atoms with van der Waals surface area (Å²) >= 11 is 0. The van der Waals surface area contributed by atoms with Crippen LogP contribution in [0.3, 0.4) is 0 Å². The van der Waals surface area contributed by atoms with E-state index in [9.17, 15) is 4.79 Å². The van der Waals surface area contributed by atoms with Gasteiger partial charge in [0.1, 0.15) is 0 Å². The number of nitrogens with zero attached hydrogens (tertiary/aromatic N) is 4. The predicted octanol–water partition coefficient (Wildman–Crippen LogP) is 4.05. The van der Waals surface area contributed by atoms with Crippen LogP contribution in [0.15, 0.2) is 59.4 Å². The first-order valence-electron chi connectivity index (χ1n) is 11.3. The first-order valence-corrected chi connectivity index (χ1v) is 11.3. The maximum absolute atomic E-state index is 12.8. The summed E-state index contributed by atoms with van der Waals surface area (Å²) in [4.78, 5) is 23.5. The molecular weight excluding hydrogens is 404 g/mol. The van der Waals surface area contributed by atoms with Crippen LogP contribution in [0.1, 0.15) is 43.5 Å². The average molecular weight is 435 g/mol. The molecule has 0 atom stereocenters. The van der Waals surface area contributed by atoms with Crippen molar-refractivity contribution in [3.63, 3.8) is 0 Å². The maximum Gasteiger partial charge on any atom is 0.258 e. The van der Waals surface area contributed by atoms with Crippen LogP contribution in [0, 0.1) is 0 Å². The fraction of sp³-hybridized carbons (Fsp3) is 0.440. The molecule has 4 rings (SSSR count). The van der Waals surface area contributed by atoms with E-state index in [4.69, 9.17) is 14.2 Å². The number of carbonyl (C=O) groups is 1. The summed E-state index contributed by atoms with van der Waals surface area (Å²) in [6.07, 6.45) is 8.20. The lowest BCUT2D eigenvalue weighted by Crippen LogP contribution is -2.46. The summed E-state index contributed by atoms with van der Waals surface area (Å²) in [5.41, 5.74) is 1.89. The number of piperidine rings is 1. The fourth-order valence-corrected chi connectivity index (χ4v) is 4.36. The second kappa shape index (κ2) is 10.5. The molecule has 0 bridgehead atoms. The molecule has 168 valence electrons. The molecule has 32 heavy (non-hydrogen) atoms. The van der Waals surface area contributed by atoms with Gasteiger partial charge >= 0.3 is 0 Å². The molecule has 1 aromatic carbocycles. The van der Waals surface area contributed by atoms with Crippen LogP contribution >= 0.6 is 0 Å². The van der Waals surface area contributed by atoms with Crippen LogP contribution in [-0.4, -0.2) is 52.7 Å². The Kier molecular flexibility index (Phi) is 7.27. The van der Waals surface area contributed by atoms with Crippen molar-refractivity contribution in [1.82, 2.24) is 20.0 Å². The molecule has 3 aromatic rings. The number of pyridine rings is 1. The topological polar surface area (TPSA) is 81.3 Å². The number of aryl methyl sites for hydroxylation is 1. The minimum atomic E-state index is -0.244. The second-order valence-electron chi connectivity index (χ2n) is 8.40. The van der Waals surface area contributed by atoms with E-state index in [0.29, 0.717) is 37.8 Å². The molecule has 0 N–H and O–H groups in total. The number of ether oxygens (including phenoxy) is 1. The van der Waals surface area contributed by atoms with Crippen molar-refractivity contribution in [2.75, 3.05) is 26.8 Å². The van der Waals surface area contributed by atoms with Crippen molar-refractivity contribution in [2.45, 2.75) is 43.9 Å². The zero-order chi connectivity index (χ0) is 22.2. The van der Waals surface area contributed by atoms with E-state index < -0.39 is 0 Å². The molecule has 7 nitrogen and oxygen atoms in total. The number of benzene rings is 1. The van der Waals surface area contributed by atoms with Gasteiger partial charge in [-0.2, -0.15) is 4.98 Å². The predicted molar refractivity (Wildman–Crippen MR) is 121 cm³/mol. The Hall–Kier alpha value is -3.06. The van der Waals surface area contributed by atoms with E-state index >= 15 is 0 Å². The second-order valence-corrected chi connectivity index (χ2v) is 8.40. The van der Waals surface area contributed by atoms with E-state index in [2.05, 4.69) is 22.3 Å². The zero-order valence-electron chi connectivity index (χ0n) is 18.6. The van der Waals surface area contributed by atoms with Gasteiger partial charge in [-0.1, -0.05) is 35.5 Å². The number of rotatable bonds is 9. The van der Waals surface area contributed by atoms with E-state index in [0.717, 1.165) is 37.7 Å². The molecule has 0 saturated carbocycles. The Balaban J connectivity index is 1.37. The number of carbonyl (C=O) groups excluding carboxylic acids is 1. The van der Waals surface area contributed by atoms with Crippen molar-refractivity contribution < 1.29 is 14.1 Å². The van der Waals surface area contributed by atoms with Crippen molar-refractivity contribution in [3.8, 4) is 11.5 Å². The molecular formula is C25H30N4O3. The minimum Gasteiger partial charge on any atom is -0.385 e. The molecule has 1 amide bonds. The van der Waals surface area contributed by atoms with Gasteiger partial charge in [0.15, 0.2) is 5.82 Å². The third kappa shape index (κ3) is 5.22. The molecule has 1 fully saturated rings. The quantitative estimate of drug-likeness (QED) is 0.505. The highest BCUT2D eigenvalue weighted by atomic mass is 16.5. The highest BCUT2D eigenvalue weighted by Crippen LogP contribution is 2.38. The van der Waals surface area contributed by atoms with E-state index in [1.807, 2.05) is 35.2 Å². The standard InChI is InChI=1S/C25H30N4O3/c1-31-19-14-25(24-27-23(32-28-24)21-10-15-26-16-11-21)12-17-29(18-13-25)22(30)9-5-8-20-6-3-2-4-7-20/h2-4,6-7,10-11,15-16H,5,8-9,12-14,17-19H2,1H3. The van der Waals surface area contributed by atoms with Gasteiger partial charge in [-0.15, -0.1) is 0 Å². The molecule has 0 radical (unpaired) electrons. The number of amides is 1. The smallest absolute Gasteiger partial charge is 0.258 e. The summed E-state index contributed by atoms with van der Waals surface area (Å²) in [7, 11) is 1.71. The van der Waals surface area contributed by atoms with Crippen LogP contribution in [-0.2, 0) is 21.4 Å². The molecule has 3 heterocycles.